The fourth-order valence-electron chi connectivity index (χ4n) is 1.76. The lowest BCUT2D eigenvalue weighted by Crippen LogP contribution is -2.39. The van der Waals surface area contributed by atoms with Crippen molar-refractivity contribution in [3.63, 3.8) is 0 Å². The molecule has 6 heteroatoms. The molecule has 0 saturated carbocycles. The normalized spacial score (nSPS) is 14.2. The number of aliphatic imine (C=N–C) groups is 1. The monoisotopic (exact) mass is 409 g/mol. The molecule has 3 N–H and O–H groups in total. The minimum absolute atomic E-state index is 0. The molecule has 1 atom stereocenters. The molecule has 1 aromatic rings. The van der Waals surface area contributed by atoms with E-state index in [0.717, 1.165) is 37.7 Å². The molecule has 21 heavy (non-hydrogen) atoms. The van der Waals surface area contributed by atoms with Gasteiger partial charge in [0.1, 0.15) is 17.1 Å². The van der Waals surface area contributed by atoms with Crippen LogP contribution in [0.4, 0.5) is 0 Å². The summed E-state index contributed by atoms with van der Waals surface area (Å²) in [7, 11) is 0. The van der Waals surface area contributed by atoms with Crippen LogP contribution in [0.25, 0.3) is 0 Å². The quantitative estimate of drug-likeness (QED) is 0.280. The molecule has 0 aliphatic carbocycles. The van der Waals surface area contributed by atoms with Crippen LogP contribution in [-0.2, 0) is 5.60 Å². The molecule has 0 aliphatic rings. The van der Waals surface area contributed by atoms with E-state index < -0.39 is 5.60 Å². The molecule has 0 amide bonds. The second-order valence-electron chi connectivity index (χ2n) is 5.16. The van der Waals surface area contributed by atoms with Crippen LogP contribution in [0.5, 0.6) is 0 Å². The van der Waals surface area contributed by atoms with E-state index in [9.17, 15) is 5.11 Å². The van der Waals surface area contributed by atoms with Crippen molar-refractivity contribution in [1.29, 1.82) is 0 Å². The van der Waals surface area contributed by atoms with Crippen molar-refractivity contribution in [2.24, 2.45) is 4.99 Å². The number of aryl methyl sites for hydroxylation is 1. The number of halogens is 1. The van der Waals surface area contributed by atoms with Crippen LogP contribution in [-0.4, -0.2) is 30.7 Å². The lowest BCUT2D eigenvalue weighted by Gasteiger charge is -2.19. The molecule has 1 unspecified atom stereocenters. The first-order valence-corrected chi connectivity index (χ1v) is 7.31. The average molecular weight is 409 g/mol. The SMILES string of the molecule is CCCCNC(=NCC(C)(O)c1ccc(C)o1)NCC.I. The fourth-order valence-corrected chi connectivity index (χ4v) is 1.76. The van der Waals surface area contributed by atoms with Gasteiger partial charge in [-0.05, 0) is 39.3 Å². The molecule has 0 bridgehead atoms. The van der Waals surface area contributed by atoms with Crippen molar-refractivity contribution in [2.45, 2.75) is 46.1 Å². The first-order chi connectivity index (χ1) is 9.49. The van der Waals surface area contributed by atoms with Crippen LogP contribution in [0.15, 0.2) is 21.5 Å². The van der Waals surface area contributed by atoms with Gasteiger partial charge >= 0.3 is 0 Å². The minimum Gasteiger partial charge on any atom is -0.463 e. The largest absolute Gasteiger partial charge is 0.463 e. The third-order valence-corrected chi connectivity index (χ3v) is 2.98. The van der Waals surface area contributed by atoms with Gasteiger partial charge in [-0.3, -0.25) is 0 Å². The van der Waals surface area contributed by atoms with Crippen LogP contribution < -0.4 is 10.6 Å². The number of guanidine groups is 1. The number of unbranched alkanes of at least 4 members (excludes halogenated alkanes) is 1. The third-order valence-electron chi connectivity index (χ3n) is 2.98. The van der Waals surface area contributed by atoms with Crippen LogP contribution in [0.3, 0.4) is 0 Å². The maximum atomic E-state index is 10.4. The van der Waals surface area contributed by atoms with Crippen molar-refractivity contribution in [1.82, 2.24) is 10.6 Å². The molecule has 1 aromatic heterocycles. The van der Waals surface area contributed by atoms with Crippen molar-refractivity contribution < 1.29 is 9.52 Å². The highest BCUT2D eigenvalue weighted by molar-refractivity contribution is 14.0. The molecular formula is C15H28IN3O2. The van der Waals surface area contributed by atoms with Gasteiger partial charge in [-0.25, -0.2) is 4.99 Å². The van der Waals surface area contributed by atoms with Crippen molar-refractivity contribution in [3.05, 3.63) is 23.7 Å². The summed E-state index contributed by atoms with van der Waals surface area (Å²) < 4.78 is 5.48. The Kier molecular flexibility index (Phi) is 9.68. The van der Waals surface area contributed by atoms with E-state index in [1.165, 1.54) is 0 Å². The summed E-state index contributed by atoms with van der Waals surface area (Å²) >= 11 is 0. The predicted octanol–water partition coefficient (Wildman–Crippen LogP) is 2.77. The Morgan fingerprint density at radius 3 is 2.57 bits per heavy atom. The molecular weight excluding hydrogens is 381 g/mol. The van der Waals surface area contributed by atoms with Gasteiger partial charge in [0.25, 0.3) is 0 Å². The van der Waals surface area contributed by atoms with Gasteiger partial charge in [-0.2, -0.15) is 0 Å². The number of hydrogen-bond acceptors (Lipinski definition) is 3. The summed E-state index contributed by atoms with van der Waals surface area (Å²) in [4.78, 5) is 4.43. The summed E-state index contributed by atoms with van der Waals surface area (Å²) in [6, 6.07) is 3.64. The lowest BCUT2D eigenvalue weighted by molar-refractivity contribution is 0.0428. The Morgan fingerprint density at radius 1 is 1.33 bits per heavy atom. The maximum absolute atomic E-state index is 10.4. The van der Waals surface area contributed by atoms with Gasteiger partial charge in [-0.1, -0.05) is 13.3 Å². The number of rotatable bonds is 7. The van der Waals surface area contributed by atoms with Gasteiger partial charge in [0, 0.05) is 13.1 Å². The Morgan fingerprint density at radius 2 is 2.05 bits per heavy atom. The van der Waals surface area contributed by atoms with Gasteiger partial charge in [-0.15, -0.1) is 24.0 Å². The third kappa shape index (κ3) is 7.17. The van der Waals surface area contributed by atoms with E-state index >= 15 is 0 Å². The second kappa shape index (κ2) is 10.0. The average Bonchev–Trinajstić information content (AvgIpc) is 2.84. The molecule has 0 aromatic carbocycles. The summed E-state index contributed by atoms with van der Waals surface area (Å²) in [5.41, 5.74) is -1.10. The molecule has 0 radical (unpaired) electrons. The molecule has 0 fully saturated rings. The van der Waals surface area contributed by atoms with Gasteiger partial charge in [0.2, 0.25) is 0 Å². The zero-order valence-corrected chi connectivity index (χ0v) is 15.7. The van der Waals surface area contributed by atoms with E-state index in [1.54, 1.807) is 13.0 Å². The summed E-state index contributed by atoms with van der Waals surface area (Å²) in [5, 5.41) is 16.8. The van der Waals surface area contributed by atoms with Crippen LogP contribution >= 0.6 is 24.0 Å². The van der Waals surface area contributed by atoms with E-state index in [0.29, 0.717) is 5.76 Å². The zero-order chi connectivity index (χ0) is 15.0. The predicted molar refractivity (Wildman–Crippen MR) is 97.3 cm³/mol. The number of nitrogens with zero attached hydrogens (tertiary/aromatic N) is 1. The summed E-state index contributed by atoms with van der Waals surface area (Å²) in [5.74, 6) is 2.06. The second-order valence-corrected chi connectivity index (χ2v) is 5.16. The maximum Gasteiger partial charge on any atom is 0.191 e. The first-order valence-electron chi connectivity index (χ1n) is 7.31. The van der Waals surface area contributed by atoms with Gasteiger partial charge in [0.05, 0.1) is 6.54 Å². The number of nitrogens with one attached hydrogen (secondary N) is 2. The number of hydrogen-bond donors (Lipinski definition) is 3. The lowest BCUT2D eigenvalue weighted by atomic mass is 10.0. The van der Waals surface area contributed by atoms with E-state index in [2.05, 4.69) is 22.5 Å². The van der Waals surface area contributed by atoms with E-state index in [1.807, 2.05) is 19.9 Å². The standard InChI is InChI=1S/C15H27N3O2.HI/c1-5-7-10-17-14(16-6-2)18-11-15(4,19)13-9-8-12(3)20-13;/h8-9,19H,5-7,10-11H2,1-4H3,(H2,16,17,18);1H. The fraction of sp³-hybridized carbons (Fsp3) is 0.667. The Labute approximate surface area is 144 Å². The molecule has 1 heterocycles. The van der Waals surface area contributed by atoms with Crippen molar-refractivity contribution in [3.8, 4) is 0 Å². The first kappa shape index (κ1) is 20.2. The minimum atomic E-state index is -1.10. The summed E-state index contributed by atoms with van der Waals surface area (Å²) in [6.45, 7) is 9.66. The Hall–Kier alpha value is -0.760. The highest BCUT2D eigenvalue weighted by Gasteiger charge is 2.26. The Bertz CT molecular complexity index is 430. The topological polar surface area (TPSA) is 69.8 Å². The van der Waals surface area contributed by atoms with Gasteiger partial charge < -0.3 is 20.2 Å². The zero-order valence-electron chi connectivity index (χ0n) is 13.4. The molecule has 0 saturated heterocycles. The molecule has 0 aliphatic heterocycles. The number of aliphatic hydroxyl groups is 1. The molecule has 5 nitrogen and oxygen atoms in total. The van der Waals surface area contributed by atoms with Gasteiger partial charge in [0.15, 0.2) is 5.96 Å². The Balaban J connectivity index is 0.00000400. The van der Waals surface area contributed by atoms with E-state index in [-0.39, 0.29) is 30.5 Å². The molecule has 122 valence electrons. The van der Waals surface area contributed by atoms with Crippen LogP contribution in [0, 0.1) is 6.92 Å². The van der Waals surface area contributed by atoms with Crippen LogP contribution in [0.1, 0.15) is 45.1 Å². The highest BCUT2D eigenvalue weighted by atomic mass is 127. The number of furan rings is 1. The van der Waals surface area contributed by atoms with Crippen molar-refractivity contribution in [2.75, 3.05) is 19.6 Å². The van der Waals surface area contributed by atoms with Crippen molar-refractivity contribution >= 4 is 29.9 Å². The smallest absolute Gasteiger partial charge is 0.191 e. The van der Waals surface area contributed by atoms with E-state index in [4.69, 9.17) is 4.42 Å². The molecule has 0 spiro atoms. The molecule has 1 rings (SSSR count). The summed E-state index contributed by atoms with van der Waals surface area (Å²) in [6.07, 6.45) is 2.23. The highest BCUT2D eigenvalue weighted by Crippen LogP contribution is 2.22. The van der Waals surface area contributed by atoms with Crippen LogP contribution in [0.2, 0.25) is 0 Å².